The van der Waals surface area contributed by atoms with Crippen LogP contribution in [0.25, 0.3) is 0 Å². The Morgan fingerprint density at radius 1 is 1.52 bits per heavy atom. The van der Waals surface area contributed by atoms with Crippen molar-refractivity contribution in [2.45, 2.75) is 18.1 Å². The van der Waals surface area contributed by atoms with Gasteiger partial charge in [-0.3, -0.25) is 0 Å². The van der Waals surface area contributed by atoms with E-state index in [4.69, 9.17) is 22.7 Å². The summed E-state index contributed by atoms with van der Waals surface area (Å²) in [5, 5.41) is -0.768. The van der Waals surface area contributed by atoms with E-state index in [-0.39, 0.29) is 11.6 Å². The van der Waals surface area contributed by atoms with Crippen molar-refractivity contribution in [2.75, 3.05) is 19.5 Å². The van der Waals surface area contributed by atoms with Gasteiger partial charge in [-0.2, -0.15) is 0 Å². The summed E-state index contributed by atoms with van der Waals surface area (Å²) < 4.78 is 43.0. The maximum absolute atomic E-state index is 13.4. The van der Waals surface area contributed by atoms with Gasteiger partial charge in [0.15, 0.2) is 9.84 Å². The lowest BCUT2D eigenvalue weighted by Gasteiger charge is -2.16. The largest absolute Gasteiger partial charge is 0.393 e. The summed E-state index contributed by atoms with van der Waals surface area (Å²) in [6.07, 6.45) is 1.15. The highest BCUT2D eigenvalue weighted by atomic mass is 32.2. The van der Waals surface area contributed by atoms with Crippen molar-refractivity contribution in [3.8, 4) is 0 Å². The summed E-state index contributed by atoms with van der Waals surface area (Å²) in [5.74, 6) is -0.882. The highest BCUT2D eigenvalue weighted by Crippen LogP contribution is 2.63. The molecule has 0 aliphatic heterocycles. The van der Waals surface area contributed by atoms with Gasteiger partial charge >= 0.3 is 0 Å². The second kappa shape index (κ2) is 5.62. The molecule has 21 heavy (non-hydrogen) atoms. The van der Waals surface area contributed by atoms with Gasteiger partial charge in [0, 0.05) is 18.8 Å². The molecule has 1 saturated carbocycles. The van der Waals surface area contributed by atoms with Crippen LogP contribution in [0, 0.1) is 11.2 Å². The molecule has 1 aromatic rings. The molecule has 1 aromatic carbocycles. The fourth-order valence-corrected chi connectivity index (χ4v) is 5.32. The molecule has 7 heteroatoms. The van der Waals surface area contributed by atoms with E-state index in [1.165, 1.54) is 12.1 Å². The predicted molar refractivity (Wildman–Crippen MR) is 83.5 cm³/mol. The van der Waals surface area contributed by atoms with E-state index < -0.39 is 32.2 Å². The number of rotatable bonds is 6. The minimum Gasteiger partial charge on any atom is -0.393 e. The van der Waals surface area contributed by atoms with Gasteiger partial charge < -0.3 is 10.5 Å². The van der Waals surface area contributed by atoms with Crippen LogP contribution >= 0.6 is 12.2 Å². The van der Waals surface area contributed by atoms with Crippen LogP contribution in [0.2, 0.25) is 0 Å². The van der Waals surface area contributed by atoms with Crippen molar-refractivity contribution in [1.29, 1.82) is 0 Å². The van der Waals surface area contributed by atoms with Crippen molar-refractivity contribution in [2.24, 2.45) is 11.1 Å². The Balaban J connectivity index is 2.49. The number of ether oxygens (including phenoxy) is 1. The molecule has 0 heterocycles. The Bertz CT molecular complexity index is 662. The van der Waals surface area contributed by atoms with Gasteiger partial charge in [-0.1, -0.05) is 24.4 Å². The van der Waals surface area contributed by atoms with Crippen LogP contribution in [0.3, 0.4) is 0 Å². The maximum Gasteiger partial charge on any atom is 0.152 e. The van der Waals surface area contributed by atoms with E-state index in [9.17, 15) is 12.8 Å². The third kappa shape index (κ3) is 2.82. The summed E-state index contributed by atoms with van der Waals surface area (Å²) in [6.45, 7) is 2.36. The number of nitrogens with two attached hydrogens (primary N) is 1. The van der Waals surface area contributed by atoms with Gasteiger partial charge in [-0.05, 0) is 24.6 Å². The van der Waals surface area contributed by atoms with Gasteiger partial charge in [0.25, 0.3) is 0 Å². The molecule has 0 unspecified atom stereocenters. The molecule has 2 rings (SSSR count). The third-order valence-corrected chi connectivity index (χ3v) is 5.92. The third-order valence-electron chi connectivity index (χ3n) is 3.93. The van der Waals surface area contributed by atoms with Crippen LogP contribution < -0.4 is 5.73 Å². The molecule has 2 N–H and O–H groups in total. The van der Waals surface area contributed by atoms with Crippen molar-refractivity contribution >= 4 is 27.0 Å². The summed E-state index contributed by atoms with van der Waals surface area (Å²) in [7, 11) is -3.39. The number of benzene rings is 1. The van der Waals surface area contributed by atoms with Crippen LogP contribution in [0.5, 0.6) is 0 Å². The fourth-order valence-electron chi connectivity index (χ4n) is 3.01. The molecular formula is C14H18FNO3S2. The SMILES string of the molecule is CCOC[C@@]1(C(N)=S)[C@H](S(C)(=O)=O)[C@@H]1c1cccc(F)c1. The van der Waals surface area contributed by atoms with Crippen LogP contribution in [-0.2, 0) is 14.6 Å². The molecule has 0 amide bonds. The Hall–Kier alpha value is -1.05. The first kappa shape index (κ1) is 16.3. The lowest BCUT2D eigenvalue weighted by atomic mass is 10.00. The minimum atomic E-state index is -3.39. The molecule has 1 aliphatic rings. The van der Waals surface area contributed by atoms with Crippen molar-refractivity contribution < 1.29 is 17.5 Å². The van der Waals surface area contributed by atoms with Gasteiger partial charge in [0.1, 0.15) is 5.82 Å². The quantitative estimate of drug-likeness (QED) is 0.803. The summed E-state index contributed by atoms with van der Waals surface area (Å²) in [6, 6.07) is 5.88. The smallest absolute Gasteiger partial charge is 0.152 e. The van der Waals surface area contributed by atoms with E-state index in [1.54, 1.807) is 12.1 Å². The number of halogens is 1. The van der Waals surface area contributed by atoms with E-state index in [0.717, 1.165) is 6.26 Å². The molecule has 0 bridgehead atoms. The lowest BCUT2D eigenvalue weighted by Crippen LogP contribution is -2.33. The molecule has 116 valence electrons. The molecule has 0 spiro atoms. The first-order valence-corrected chi connectivity index (χ1v) is 8.93. The highest BCUT2D eigenvalue weighted by molar-refractivity contribution is 7.92. The van der Waals surface area contributed by atoms with Crippen molar-refractivity contribution in [3.05, 3.63) is 35.6 Å². The highest BCUT2D eigenvalue weighted by Gasteiger charge is 2.72. The Kier molecular flexibility index (Phi) is 4.37. The Morgan fingerprint density at radius 3 is 2.67 bits per heavy atom. The molecule has 0 aromatic heterocycles. The van der Waals surface area contributed by atoms with E-state index in [2.05, 4.69) is 0 Å². The lowest BCUT2D eigenvalue weighted by molar-refractivity contribution is 0.121. The van der Waals surface area contributed by atoms with Crippen molar-refractivity contribution in [3.63, 3.8) is 0 Å². The van der Waals surface area contributed by atoms with Gasteiger partial charge in [-0.25, -0.2) is 12.8 Å². The number of hydrogen-bond donors (Lipinski definition) is 1. The van der Waals surface area contributed by atoms with E-state index in [0.29, 0.717) is 12.2 Å². The first-order chi connectivity index (χ1) is 9.75. The van der Waals surface area contributed by atoms with E-state index in [1.807, 2.05) is 6.92 Å². The minimum absolute atomic E-state index is 0.0978. The van der Waals surface area contributed by atoms with Gasteiger partial charge in [-0.15, -0.1) is 0 Å². The van der Waals surface area contributed by atoms with Gasteiger partial charge in [0.05, 0.1) is 22.3 Å². The molecule has 3 atom stereocenters. The molecule has 0 saturated heterocycles. The number of hydrogen-bond acceptors (Lipinski definition) is 4. The second-order valence-electron chi connectivity index (χ2n) is 5.32. The normalized spacial score (nSPS) is 28.3. The zero-order valence-electron chi connectivity index (χ0n) is 11.9. The monoisotopic (exact) mass is 331 g/mol. The Morgan fingerprint density at radius 2 is 2.19 bits per heavy atom. The van der Waals surface area contributed by atoms with Crippen LogP contribution in [0.1, 0.15) is 18.4 Å². The molecule has 1 aliphatic carbocycles. The standard InChI is InChI=1S/C14H18FNO3S2/c1-3-19-8-14(13(16)20)11(12(14)21(2,17)18)9-5-4-6-10(15)7-9/h4-7,11-12H,3,8H2,1-2H3,(H2,16,20)/t11-,12+,14-/m0/s1. The van der Waals surface area contributed by atoms with E-state index >= 15 is 0 Å². The maximum atomic E-state index is 13.4. The Labute approximate surface area is 129 Å². The average molecular weight is 331 g/mol. The van der Waals surface area contributed by atoms with Crippen molar-refractivity contribution in [1.82, 2.24) is 0 Å². The second-order valence-corrected chi connectivity index (χ2v) is 7.93. The predicted octanol–water partition coefficient (Wildman–Crippen LogP) is 1.65. The fraction of sp³-hybridized carbons (Fsp3) is 0.500. The summed E-state index contributed by atoms with van der Waals surface area (Å²) >= 11 is 5.10. The van der Waals surface area contributed by atoms with Crippen LogP contribution in [0.15, 0.2) is 24.3 Å². The van der Waals surface area contributed by atoms with Crippen LogP contribution in [-0.4, -0.2) is 38.1 Å². The zero-order valence-corrected chi connectivity index (χ0v) is 13.5. The average Bonchev–Trinajstić information content (AvgIpc) is 3.07. The molecular weight excluding hydrogens is 313 g/mol. The molecule has 1 fully saturated rings. The number of thiocarbonyl (C=S) groups is 1. The van der Waals surface area contributed by atoms with Crippen LogP contribution in [0.4, 0.5) is 4.39 Å². The topological polar surface area (TPSA) is 69.4 Å². The zero-order chi connectivity index (χ0) is 15.8. The number of sulfone groups is 1. The molecule has 4 nitrogen and oxygen atoms in total. The first-order valence-electron chi connectivity index (χ1n) is 6.57. The summed E-state index contributed by atoms with van der Waals surface area (Å²) in [4.78, 5) is 0.0978. The summed E-state index contributed by atoms with van der Waals surface area (Å²) in [5.41, 5.74) is 5.45. The van der Waals surface area contributed by atoms with Gasteiger partial charge in [0.2, 0.25) is 0 Å². The molecule has 0 radical (unpaired) electrons.